The van der Waals surface area contributed by atoms with Crippen molar-refractivity contribution < 1.29 is 18.7 Å². The third kappa shape index (κ3) is 2.41. The van der Waals surface area contributed by atoms with Gasteiger partial charge < -0.3 is 10.5 Å². The smallest absolute Gasteiger partial charge is 0.338 e. The quantitative estimate of drug-likeness (QED) is 0.624. The molecule has 0 radical (unpaired) electrons. The molecule has 0 saturated heterocycles. The lowest BCUT2D eigenvalue weighted by Crippen LogP contribution is -2.31. The number of aromatic nitrogens is 2. The van der Waals surface area contributed by atoms with E-state index < -0.39 is 0 Å². The Labute approximate surface area is 97.6 Å². The van der Waals surface area contributed by atoms with Crippen molar-refractivity contribution in [3.05, 3.63) is 36.0 Å². The van der Waals surface area contributed by atoms with Gasteiger partial charge in [0, 0.05) is 12.1 Å². The van der Waals surface area contributed by atoms with Crippen LogP contribution < -0.4 is 10.4 Å². The molecule has 0 atom stereocenters. The van der Waals surface area contributed by atoms with Crippen LogP contribution in [-0.2, 0) is 4.74 Å². The summed E-state index contributed by atoms with van der Waals surface area (Å²) < 4.78 is 11.1. The standard InChI is InChI=1S/C11H12N3O3/c1-2-16-11(15)8-3-5-9(6-4-8)14-7-10(12)17-13-14/h3-7H,2,12H2,1H3/q+1. The average molecular weight is 234 g/mol. The number of nitrogens with two attached hydrogens (primary N) is 1. The molecule has 0 amide bonds. The van der Waals surface area contributed by atoms with Crippen LogP contribution in [0, 0.1) is 0 Å². The van der Waals surface area contributed by atoms with Crippen LogP contribution in [0.15, 0.2) is 35.0 Å². The first-order valence-corrected chi connectivity index (χ1v) is 5.12. The Balaban J connectivity index is 2.21. The van der Waals surface area contributed by atoms with Crippen molar-refractivity contribution in [1.82, 2.24) is 5.27 Å². The normalized spacial score (nSPS) is 10.2. The molecule has 0 aliphatic rings. The Kier molecular flexibility index (Phi) is 3.04. The predicted molar refractivity (Wildman–Crippen MR) is 58.4 cm³/mol. The summed E-state index contributed by atoms with van der Waals surface area (Å²) in [7, 11) is 0. The van der Waals surface area contributed by atoms with Gasteiger partial charge in [-0.1, -0.05) is 0 Å². The molecular weight excluding hydrogens is 222 g/mol. The fourth-order valence-electron chi connectivity index (χ4n) is 1.35. The molecule has 1 heterocycles. The first-order chi connectivity index (χ1) is 8.20. The molecule has 6 nitrogen and oxygen atoms in total. The summed E-state index contributed by atoms with van der Waals surface area (Å²) in [5.41, 5.74) is 6.65. The number of ether oxygens (including phenoxy) is 1. The van der Waals surface area contributed by atoms with E-state index in [1.54, 1.807) is 37.4 Å². The van der Waals surface area contributed by atoms with Crippen LogP contribution in [0.3, 0.4) is 0 Å². The van der Waals surface area contributed by atoms with Crippen molar-refractivity contribution in [2.45, 2.75) is 6.92 Å². The van der Waals surface area contributed by atoms with E-state index in [0.29, 0.717) is 12.2 Å². The van der Waals surface area contributed by atoms with Gasteiger partial charge in [0.15, 0.2) is 0 Å². The van der Waals surface area contributed by atoms with Gasteiger partial charge in [-0.2, -0.15) is 0 Å². The molecule has 0 saturated carbocycles. The Bertz CT molecular complexity index is 519. The van der Waals surface area contributed by atoms with E-state index in [2.05, 4.69) is 5.27 Å². The zero-order chi connectivity index (χ0) is 12.3. The highest BCUT2D eigenvalue weighted by Gasteiger charge is 2.14. The van der Waals surface area contributed by atoms with Crippen molar-refractivity contribution >= 4 is 11.9 Å². The van der Waals surface area contributed by atoms with Gasteiger partial charge in [-0.3, -0.25) is 4.52 Å². The predicted octanol–water partition coefficient (Wildman–Crippen LogP) is 0.710. The second-order valence-corrected chi connectivity index (χ2v) is 3.32. The van der Waals surface area contributed by atoms with Crippen LogP contribution in [-0.4, -0.2) is 17.8 Å². The van der Waals surface area contributed by atoms with E-state index in [9.17, 15) is 4.79 Å². The summed E-state index contributed by atoms with van der Waals surface area (Å²) in [6.45, 7) is 2.12. The zero-order valence-corrected chi connectivity index (χ0v) is 9.29. The van der Waals surface area contributed by atoms with Gasteiger partial charge in [0.1, 0.15) is 0 Å². The summed E-state index contributed by atoms with van der Waals surface area (Å²) in [5, 5.41) is 3.70. The highest BCUT2D eigenvalue weighted by Crippen LogP contribution is 2.06. The van der Waals surface area contributed by atoms with Gasteiger partial charge >= 0.3 is 5.97 Å². The topological polar surface area (TPSA) is 82.2 Å². The molecule has 2 aromatic rings. The van der Waals surface area contributed by atoms with Gasteiger partial charge in [-0.25, -0.2) is 4.79 Å². The number of rotatable bonds is 3. The third-order valence-electron chi connectivity index (χ3n) is 2.13. The van der Waals surface area contributed by atoms with E-state index in [0.717, 1.165) is 5.69 Å². The highest BCUT2D eigenvalue weighted by molar-refractivity contribution is 5.89. The molecule has 0 bridgehead atoms. The average Bonchev–Trinajstić information content (AvgIpc) is 2.76. The van der Waals surface area contributed by atoms with Gasteiger partial charge in [-0.15, -0.1) is 0 Å². The summed E-state index contributed by atoms with van der Waals surface area (Å²) in [6.07, 6.45) is 1.54. The molecule has 0 fully saturated rings. The largest absolute Gasteiger partial charge is 0.462 e. The molecule has 0 aliphatic carbocycles. The maximum atomic E-state index is 11.4. The number of nitrogens with zero attached hydrogens (tertiary/aromatic N) is 2. The van der Waals surface area contributed by atoms with E-state index in [1.807, 2.05) is 0 Å². The number of carbonyl (C=O) groups is 1. The maximum Gasteiger partial charge on any atom is 0.338 e. The van der Waals surface area contributed by atoms with Crippen LogP contribution in [0.25, 0.3) is 5.69 Å². The molecular formula is C11H12N3O3+. The van der Waals surface area contributed by atoms with E-state index in [4.69, 9.17) is 15.0 Å². The van der Waals surface area contributed by atoms with Crippen molar-refractivity contribution in [3.63, 3.8) is 0 Å². The Hall–Kier alpha value is -2.37. The van der Waals surface area contributed by atoms with Crippen molar-refractivity contribution in [2.75, 3.05) is 12.3 Å². The van der Waals surface area contributed by atoms with E-state index in [1.165, 1.54) is 4.68 Å². The summed E-state index contributed by atoms with van der Waals surface area (Å²) in [6, 6.07) is 6.78. The lowest BCUT2D eigenvalue weighted by Gasteiger charge is -1.99. The maximum absolute atomic E-state index is 11.4. The second kappa shape index (κ2) is 4.65. The van der Waals surface area contributed by atoms with Crippen LogP contribution in [0.1, 0.15) is 17.3 Å². The molecule has 0 aliphatic heterocycles. The third-order valence-corrected chi connectivity index (χ3v) is 2.13. The Morgan fingerprint density at radius 2 is 2.18 bits per heavy atom. The lowest BCUT2D eigenvalue weighted by molar-refractivity contribution is -0.670. The molecule has 0 spiro atoms. The van der Waals surface area contributed by atoms with Crippen molar-refractivity contribution in [2.24, 2.45) is 0 Å². The number of anilines is 1. The highest BCUT2D eigenvalue weighted by atomic mass is 16.5. The first kappa shape index (κ1) is 11.1. The molecule has 2 N–H and O–H groups in total. The van der Waals surface area contributed by atoms with E-state index in [-0.39, 0.29) is 11.9 Å². The molecule has 1 aromatic carbocycles. The number of carbonyl (C=O) groups excluding carboxylic acids is 1. The van der Waals surface area contributed by atoms with Gasteiger partial charge in [-0.05, 0) is 23.7 Å². The Morgan fingerprint density at radius 3 is 2.71 bits per heavy atom. The number of hydrogen-bond donors (Lipinski definition) is 1. The fourth-order valence-corrected chi connectivity index (χ4v) is 1.35. The number of hydrogen-bond acceptors (Lipinski definition) is 5. The van der Waals surface area contributed by atoms with Crippen LogP contribution >= 0.6 is 0 Å². The van der Waals surface area contributed by atoms with Crippen LogP contribution in [0.5, 0.6) is 0 Å². The number of esters is 1. The fraction of sp³-hybridized carbons (Fsp3) is 0.182. The minimum absolute atomic E-state index is 0.222. The van der Waals surface area contributed by atoms with E-state index >= 15 is 0 Å². The first-order valence-electron chi connectivity index (χ1n) is 5.12. The molecule has 0 unspecified atom stereocenters. The number of nitrogen functional groups attached to an aromatic ring is 1. The molecule has 17 heavy (non-hydrogen) atoms. The minimum atomic E-state index is -0.344. The number of benzene rings is 1. The zero-order valence-electron chi connectivity index (χ0n) is 9.29. The summed E-state index contributed by atoms with van der Waals surface area (Å²) in [5.74, 6) is -0.122. The van der Waals surface area contributed by atoms with Crippen molar-refractivity contribution in [3.8, 4) is 5.69 Å². The lowest BCUT2D eigenvalue weighted by atomic mass is 10.2. The van der Waals surface area contributed by atoms with Crippen molar-refractivity contribution in [1.29, 1.82) is 0 Å². The minimum Gasteiger partial charge on any atom is -0.462 e. The van der Waals surface area contributed by atoms with Gasteiger partial charge in [0.2, 0.25) is 11.0 Å². The molecule has 1 aromatic heterocycles. The van der Waals surface area contributed by atoms with Gasteiger partial charge in [0.05, 0.1) is 12.2 Å². The second-order valence-electron chi connectivity index (χ2n) is 3.32. The van der Waals surface area contributed by atoms with Crippen LogP contribution in [0.2, 0.25) is 0 Å². The SMILES string of the molecule is CCOC(=O)c1ccc(-[n+]2cc(N)on2)cc1. The van der Waals surface area contributed by atoms with Gasteiger partial charge in [0.25, 0.3) is 12.1 Å². The molecule has 2 rings (SSSR count). The molecule has 6 heteroatoms. The Morgan fingerprint density at radius 1 is 1.47 bits per heavy atom. The molecule has 88 valence electrons. The monoisotopic (exact) mass is 234 g/mol. The van der Waals surface area contributed by atoms with Crippen LogP contribution in [0.4, 0.5) is 5.88 Å². The summed E-state index contributed by atoms with van der Waals surface area (Å²) >= 11 is 0. The summed E-state index contributed by atoms with van der Waals surface area (Å²) in [4.78, 5) is 11.4.